The zero-order chi connectivity index (χ0) is 13.4. The first kappa shape index (κ1) is 12.5. The van der Waals surface area contributed by atoms with Crippen molar-refractivity contribution in [1.29, 1.82) is 0 Å². The topological polar surface area (TPSA) is 30.5 Å². The van der Waals surface area contributed by atoms with Crippen LogP contribution in [0.4, 0.5) is 11.4 Å². The molecule has 3 nitrogen and oxygen atoms in total. The molecule has 2 aromatic carbocycles. The lowest BCUT2D eigenvalue weighted by molar-refractivity contribution is 0.394. The maximum absolute atomic E-state index is 6.02. The molecule has 0 aromatic heterocycles. The Bertz CT molecular complexity index is 646. The number of halogens is 1. The van der Waals surface area contributed by atoms with E-state index >= 15 is 0 Å². The van der Waals surface area contributed by atoms with Crippen molar-refractivity contribution in [2.75, 3.05) is 19.5 Å². The van der Waals surface area contributed by atoms with Gasteiger partial charge in [-0.1, -0.05) is 23.4 Å². The van der Waals surface area contributed by atoms with Crippen molar-refractivity contribution in [3.63, 3.8) is 0 Å². The van der Waals surface area contributed by atoms with E-state index in [1.165, 1.54) is 0 Å². The molecule has 0 bridgehead atoms. The summed E-state index contributed by atoms with van der Waals surface area (Å²) >= 11 is 7.69. The van der Waals surface area contributed by atoms with Gasteiger partial charge in [-0.2, -0.15) is 0 Å². The van der Waals surface area contributed by atoms with Gasteiger partial charge in [0.05, 0.1) is 25.6 Å². The minimum atomic E-state index is 0.711. The molecular weight excluding hydrogens is 282 g/mol. The third-order valence-electron chi connectivity index (χ3n) is 2.92. The number of fused-ring (bicyclic) bond motifs is 2. The Kier molecular flexibility index (Phi) is 3.21. The van der Waals surface area contributed by atoms with Gasteiger partial charge in [-0.25, -0.2) is 0 Å². The number of rotatable bonds is 2. The number of hydrogen-bond acceptors (Lipinski definition) is 4. The van der Waals surface area contributed by atoms with Gasteiger partial charge in [0.25, 0.3) is 0 Å². The molecule has 3 rings (SSSR count). The zero-order valence-electron chi connectivity index (χ0n) is 10.5. The van der Waals surface area contributed by atoms with E-state index in [-0.39, 0.29) is 0 Å². The normalized spacial score (nSPS) is 12.2. The number of hydrogen-bond donors (Lipinski definition) is 1. The lowest BCUT2D eigenvalue weighted by atomic mass is 10.2. The average Bonchev–Trinajstić information content (AvgIpc) is 2.44. The van der Waals surface area contributed by atoms with E-state index < -0.39 is 0 Å². The molecule has 0 radical (unpaired) electrons. The second-order valence-corrected chi connectivity index (χ2v) is 5.59. The lowest BCUT2D eigenvalue weighted by Crippen LogP contribution is -2.02. The highest BCUT2D eigenvalue weighted by Gasteiger charge is 2.20. The summed E-state index contributed by atoms with van der Waals surface area (Å²) in [6.45, 7) is 0. The fourth-order valence-electron chi connectivity index (χ4n) is 1.99. The SMILES string of the molecule is COc1cc(OC)c2c(c1)Sc1ccc(Cl)cc1N2. The summed E-state index contributed by atoms with van der Waals surface area (Å²) < 4.78 is 10.7. The largest absolute Gasteiger partial charge is 0.497 e. The van der Waals surface area contributed by atoms with Gasteiger partial charge in [0, 0.05) is 20.9 Å². The summed E-state index contributed by atoms with van der Waals surface area (Å²) in [7, 11) is 3.30. The Labute approximate surface area is 120 Å². The fraction of sp³-hybridized carbons (Fsp3) is 0.143. The Morgan fingerprint density at radius 1 is 1.05 bits per heavy atom. The summed E-state index contributed by atoms with van der Waals surface area (Å²) in [6, 6.07) is 9.66. The van der Waals surface area contributed by atoms with Gasteiger partial charge in [0.15, 0.2) is 0 Å². The summed E-state index contributed by atoms with van der Waals surface area (Å²) in [6.07, 6.45) is 0. The molecule has 0 saturated heterocycles. The van der Waals surface area contributed by atoms with Crippen LogP contribution in [0.2, 0.25) is 5.02 Å². The van der Waals surface area contributed by atoms with Gasteiger partial charge < -0.3 is 14.8 Å². The van der Waals surface area contributed by atoms with Crippen LogP contribution in [-0.4, -0.2) is 14.2 Å². The monoisotopic (exact) mass is 293 g/mol. The summed E-state index contributed by atoms with van der Waals surface area (Å²) in [5.41, 5.74) is 1.94. The van der Waals surface area contributed by atoms with E-state index in [0.29, 0.717) is 5.02 Å². The average molecular weight is 294 g/mol. The van der Waals surface area contributed by atoms with E-state index in [1.807, 2.05) is 30.3 Å². The molecule has 0 unspecified atom stereocenters. The Morgan fingerprint density at radius 3 is 2.63 bits per heavy atom. The highest BCUT2D eigenvalue weighted by Crippen LogP contribution is 2.49. The highest BCUT2D eigenvalue weighted by atomic mass is 35.5. The van der Waals surface area contributed by atoms with Crippen LogP contribution in [0.5, 0.6) is 11.5 Å². The molecule has 0 spiro atoms. The van der Waals surface area contributed by atoms with Crippen molar-refractivity contribution in [1.82, 2.24) is 0 Å². The standard InChI is InChI=1S/C14H12ClNO2S/c1-17-9-6-11(18-2)14-13(7-9)19-12-4-3-8(15)5-10(12)16-14/h3-7,16H,1-2H3. The van der Waals surface area contributed by atoms with E-state index in [4.69, 9.17) is 21.1 Å². The molecule has 0 atom stereocenters. The quantitative estimate of drug-likeness (QED) is 0.750. The second kappa shape index (κ2) is 4.87. The molecule has 0 fully saturated rings. The molecule has 98 valence electrons. The molecule has 0 saturated carbocycles. The van der Waals surface area contributed by atoms with E-state index in [2.05, 4.69) is 5.32 Å². The van der Waals surface area contributed by atoms with Crippen LogP contribution in [0.3, 0.4) is 0 Å². The minimum absolute atomic E-state index is 0.711. The summed E-state index contributed by atoms with van der Waals surface area (Å²) in [5, 5.41) is 4.08. The molecule has 19 heavy (non-hydrogen) atoms. The van der Waals surface area contributed by atoms with Crippen molar-refractivity contribution in [2.24, 2.45) is 0 Å². The van der Waals surface area contributed by atoms with Crippen molar-refractivity contribution in [3.05, 3.63) is 35.4 Å². The first-order valence-corrected chi connectivity index (χ1v) is 6.91. The molecule has 1 N–H and O–H groups in total. The van der Waals surface area contributed by atoms with Crippen molar-refractivity contribution in [3.8, 4) is 11.5 Å². The Balaban J connectivity index is 2.11. The third kappa shape index (κ3) is 2.22. The minimum Gasteiger partial charge on any atom is -0.497 e. The Morgan fingerprint density at radius 2 is 1.89 bits per heavy atom. The van der Waals surface area contributed by atoms with Gasteiger partial charge in [0.1, 0.15) is 11.5 Å². The second-order valence-electron chi connectivity index (χ2n) is 4.07. The molecular formula is C14H12ClNO2S. The molecule has 1 heterocycles. The lowest BCUT2D eigenvalue weighted by Gasteiger charge is -2.23. The predicted octanol–water partition coefficient (Wildman–Crippen LogP) is 4.57. The van der Waals surface area contributed by atoms with Gasteiger partial charge in [0.2, 0.25) is 0 Å². The molecule has 2 aromatic rings. The first-order valence-electron chi connectivity index (χ1n) is 5.71. The van der Waals surface area contributed by atoms with Crippen LogP contribution in [0.1, 0.15) is 0 Å². The van der Waals surface area contributed by atoms with Crippen LogP contribution < -0.4 is 14.8 Å². The van der Waals surface area contributed by atoms with Gasteiger partial charge in [-0.15, -0.1) is 0 Å². The zero-order valence-corrected chi connectivity index (χ0v) is 12.1. The predicted molar refractivity (Wildman–Crippen MR) is 78.4 cm³/mol. The van der Waals surface area contributed by atoms with Gasteiger partial charge in [-0.3, -0.25) is 0 Å². The van der Waals surface area contributed by atoms with Crippen LogP contribution in [0, 0.1) is 0 Å². The molecule has 1 aliphatic rings. The maximum atomic E-state index is 6.02. The third-order valence-corrected chi connectivity index (χ3v) is 4.27. The molecule has 1 aliphatic heterocycles. The number of methoxy groups -OCH3 is 2. The van der Waals surface area contributed by atoms with E-state index in [1.54, 1.807) is 26.0 Å². The van der Waals surface area contributed by atoms with E-state index in [0.717, 1.165) is 32.7 Å². The van der Waals surface area contributed by atoms with Crippen molar-refractivity contribution < 1.29 is 9.47 Å². The fourth-order valence-corrected chi connectivity index (χ4v) is 3.18. The number of benzene rings is 2. The number of anilines is 2. The van der Waals surface area contributed by atoms with Crippen LogP contribution in [0.15, 0.2) is 40.1 Å². The van der Waals surface area contributed by atoms with Gasteiger partial charge in [-0.05, 0) is 24.3 Å². The molecule has 5 heteroatoms. The first-order chi connectivity index (χ1) is 9.21. The molecule has 0 aliphatic carbocycles. The van der Waals surface area contributed by atoms with Gasteiger partial charge >= 0.3 is 0 Å². The smallest absolute Gasteiger partial charge is 0.147 e. The molecule has 0 amide bonds. The van der Waals surface area contributed by atoms with Crippen molar-refractivity contribution in [2.45, 2.75) is 9.79 Å². The van der Waals surface area contributed by atoms with Crippen LogP contribution in [0.25, 0.3) is 0 Å². The summed E-state index contributed by atoms with van der Waals surface area (Å²) in [4.78, 5) is 2.21. The number of nitrogens with one attached hydrogen (secondary N) is 1. The highest BCUT2D eigenvalue weighted by molar-refractivity contribution is 7.99. The maximum Gasteiger partial charge on any atom is 0.147 e. The Hall–Kier alpha value is -1.52. The van der Waals surface area contributed by atoms with Crippen LogP contribution in [-0.2, 0) is 0 Å². The number of ether oxygens (including phenoxy) is 2. The van der Waals surface area contributed by atoms with E-state index in [9.17, 15) is 0 Å². The summed E-state index contributed by atoms with van der Waals surface area (Å²) in [5.74, 6) is 1.54. The van der Waals surface area contributed by atoms with Crippen LogP contribution >= 0.6 is 23.4 Å². The van der Waals surface area contributed by atoms with Crippen molar-refractivity contribution >= 4 is 34.7 Å².